The second kappa shape index (κ2) is 45.6. The lowest BCUT2D eigenvalue weighted by molar-refractivity contribution is -0.381. The molecule has 1 aromatic carbocycles. The van der Waals surface area contributed by atoms with Crippen LogP contribution in [0.25, 0.3) is 6.08 Å². The fraction of sp³-hybridized carbons (Fsp3) is 0.898. The molecule has 54 unspecified atom stereocenters. The molecule has 142 heavy (non-hydrogen) atoms. The fourth-order valence-corrected chi connectivity index (χ4v) is 21.7. The van der Waals surface area contributed by atoms with E-state index in [1.54, 1.807) is 83.1 Å². The van der Waals surface area contributed by atoms with Crippen molar-refractivity contribution >= 4 is 32.5 Å². The van der Waals surface area contributed by atoms with Crippen LogP contribution in [0.3, 0.4) is 0 Å². The van der Waals surface area contributed by atoms with Gasteiger partial charge in [0.2, 0.25) is 12.2 Å². The average molecular weight is 2090 g/mol. The van der Waals surface area contributed by atoms with Crippen LogP contribution in [-0.2, 0) is 138 Å². The minimum absolute atomic E-state index is 0.0144. The standard InChI is InChI=1S/C88H148N6O46S2/c1-31-54(98)56(100)60(104)79(122-31)136-74-39(9)118-49(26-85(74,14)90)129-66-33(3)116-48(25-45(66)96)134-73-38(8)117-50(27-84(73,13)89)130-68-35(5)125-80(62(106)58(68)102)137-75-40(10)119-51(28-86(75,15)91)131-67-34(4)124-78(61(105)57(67)101)135-71-55(99)32(2)123-82(65(71)109)139-77-42(12)120-52(29-88(77,17)93)132-69-36(6)126-81(63(107)59(69)103)138-76-41(11)121-53(30-87(76,16)92)133-70-37(7)127-83(72(64(70)108)140-142(113,114)115)128-46-20-18-43(24-44(46)95)19-21-47(97)94-22-23-141(110,111)112/h18-21,24,31-42,45,48-83,95-96,98-109H,22-23,25-30,89-93H2,1-17H3,(H,94,97)(H,110,111,112)(H,113,114,115). The first-order valence-electron chi connectivity index (χ1n) is 47.8. The molecule has 0 radical (unpaired) electrons. The number of benzene rings is 1. The molecule has 12 saturated heterocycles. The number of carbonyl (C=O) groups is 1. The van der Waals surface area contributed by atoms with Gasteiger partial charge in [-0.15, -0.1) is 0 Å². The molecule has 52 nitrogen and oxygen atoms in total. The number of nitrogens with two attached hydrogens (primary N) is 5. The average Bonchev–Trinajstić information content (AvgIpc) is 0.765. The van der Waals surface area contributed by atoms with Crippen molar-refractivity contribution in [2.75, 3.05) is 12.3 Å². The van der Waals surface area contributed by atoms with Crippen molar-refractivity contribution in [2.24, 2.45) is 28.7 Å². The molecular weight excluding hydrogens is 1940 g/mol. The minimum atomic E-state index is -5.36. The summed E-state index contributed by atoms with van der Waals surface area (Å²) in [6.07, 6.45) is -62.1. The van der Waals surface area contributed by atoms with Crippen LogP contribution < -0.4 is 38.7 Å². The summed E-state index contributed by atoms with van der Waals surface area (Å²) < 4.78 is 219. The number of rotatable bonds is 31. The van der Waals surface area contributed by atoms with Crippen LogP contribution in [0.1, 0.15) is 162 Å². The van der Waals surface area contributed by atoms with Crippen LogP contribution in [0, 0.1) is 0 Å². The van der Waals surface area contributed by atoms with Crippen LogP contribution in [-0.4, -0.2) is 445 Å². The lowest BCUT2D eigenvalue weighted by Crippen LogP contribution is -2.68. The second-order valence-electron chi connectivity index (χ2n) is 41.3. The summed E-state index contributed by atoms with van der Waals surface area (Å²) in [7, 11) is -9.69. The Morgan fingerprint density at radius 3 is 1.04 bits per heavy atom. The van der Waals surface area contributed by atoms with Crippen LogP contribution in [0.2, 0.25) is 0 Å². The number of aromatic hydroxyl groups is 1. The molecule has 12 aliphatic heterocycles. The zero-order chi connectivity index (χ0) is 105. The van der Waals surface area contributed by atoms with E-state index in [9.17, 15) is 97.7 Å². The molecule has 0 aliphatic carbocycles. The maximum atomic E-state index is 12.2. The van der Waals surface area contributed by atoms with Gasteiger partial charge in [0.1, 0.15) is 140 Å². The Bertz CT molecular complexity index is 4560. The maximum absolute atomic E-state index is 12.2. The molecule has 12 fully saturated rings. The highest BCUT2D eigenvalue weighted by atomic mass is 32.3. The van der Waals surface area contributed by atoms with Gasteiger partial charge >= 0.3 is 10.4 Å². The first-order valence-corrected chi connectivity index (χ1v) is 50.8. The molecule has 0 bridgehead atoms. The van der Waals surface area contributed by atoms with E-state index >= 15 is 0 Å². The zero-order valence-corrected chi connectivity index (χ0v) is 83.6. The van der Waals surface area contributed by atoms with Gasteiger partial charge in [0.05, 0.1) is 85.1 Å². The molecule has 1 amide bonds. The first-order chi connectivity index (χ1) is 65.9. The van der Waals surface area contributed by atoms with Crippen molar-refractivity contribution in [1.29, 1.82) is 0 Å². The number of ether oxygens (including phenoxy) is 24. The van der Waals surface area contributed by atoms with Crippen molar-refractivity contribution in [3.05, 3.63) is 29.8 Å². The minimum Gasteiger partial charge on any atom is -0.504 e. The van der Waals surface area contributed by atoms with Gasteiger partial charge in [0.25, 0.3) is 10.1 Å². The Labute approximate surface area is 821 Å². The monoisotopic (exact) mass is 2090 g/mol. The van der Waals surface area contributed by atoms with E-state index in [4.69, 9.17) is 151 Å². The van der Waals surface area contributed by atoms with Gasteiger partial charge in [-0.2, -0.15) is 16.8 Å². The number of aliphatic hydroxyl groups excluding tert-OH is 13. The fourth-order valence-electron chi connectivity index (χ4n) is 20.9. The number of nitrogens with one attached hydrogen (secondary N) is 1. The normalized spacial score (nSPS) is 50.8. The highest BCUT2D eigenvalue weighted by molar-refractivity contribution is 7.85. The number of hydrogen-bond acceptors (Lipinski definition) is 49. The third-order valence-corrected chi connectivity index (χ3v) is 29.5. The summed E-state index contributed by atoms with van der Waals surface area (Å²) in [6.45, 7) is 26.8. The molecule has 12 heterocycles. The highest BCUT2D eigenvalue weighted by Gasteiger charge is 2.62. The first kappa shape index (κ1) is 115. The van der Waals surface area contributed by atoms with E-state index in [1.807, 2.05) is 0 Å². The van der Waals surface area contributed by atoms with Crippen molar-refractivity contribution in [3.8, 4) is 11.5 Å². The molecule has 27 N–H and O–H groups in total. The highest BCUT2D eigenvalue weighted by Crippen LogP contribution is 2.46. The van der Waals surface area contributed by atoms with Gasteiger partial charge < -0.3 is 219 Å². The Morgan fingerprint density at radius 1 is 0.359 bits per heavy atom. The summed E-state index contributed by atoms with van der Waals surface area (Å²) in [5.41, 5.74) is 28.4. The molecule has 1 aromatic rings. The number of amides is 1. The Hall–Kier alpha value is -3.83. The van der Waals surface area contributed by atoms with Gasteiger partial charge in [-0.3, -0.25) is 13.9 Å². The number of carbonyl (C=O) groups excluding carboxylic acids is 1. The van der Waals surface area contributed by atoms with Crippen LogP contribution in [0.5, 0.6) is 11.5 Å². The summed E-state index contributed by atoms with van der Waals surface area (Å²) in [5, 5.41) is 162. The summed E-state index contributed by atoms with van der Waals surface area (Å²) in [4.78, 5) is 12.2. The number of aliphatic hydroxyl groups is 13. The molecule has 54 heteroatoms. The maximum Gasteiger partial charge on any atom is 0.397 e. The molecule has 54 atom stereocenters. The molecule has 12 aliphatic rings. The van der Waals surface area contributed by atoms with Crippen molar-refractivity contribution < 1.29 is 220 Å². The van der Waals surface area contributed by atoms with Gasteiger partial charge in [0, 0.05) is 78.8 Å². The summed E-state index contributed by atoms with van der Waals surface area (Å²) in [5.74, 6) is -2.38. The van der Waals surface area contributed by atoms with E-state index in [2.05, 4.69) is 5.32 Å². The van der Waals surface area contributed by atoms with Crippen LogP contribution >= 0.6 is 0 Å². The zero-order valence-electron chi connectivity index (χ0n) is 81.9. The van der Waals surface area contributed by atoms with Crippen LogP contribution in [0.15, 0.2) is 24.3 Å². The van der Waals surface area contributed by atoms with Crippen molar-refractivity contribution in [3.63, 3.8) is 0 Å². The third kappa shape index (κ3) is 26.7. The summed E-state index contributed by atoms with van der Waals surface area (Å²) >= 11 is 0. The number of hydrogen-bond donors (Lipinski definition) is 22. The lowest BCUT2D eigenvalue weighted by Gasteiger charge is -2.51. The topological polar surface area (TPSA) is 782 Å². The molecular formula is C88H148N6O46S2. The van der Waals surface area contributed by atoms with E-state index in [0.717, 1.165) is 12.1 Å². The molecule has 0 saturated carbocycles. The van der Waals surface area contributed by atoms with Crippen LogP contribution in [0.4, 0.5) is 0 Å². The molecule has 818 valence electrons. The largest absolute Gasteiger partial charge is 0.504 e. The van der Waals surface area contributed by atoms with E-state index < -0.39 is 373 Å². The van der Waals surface area contributed by atoms with Crippen molar-refractivity contribution in [2.45, 2.75) is 485 Å². The van der Waals surface area contributed by atoms with Gasteiger partial charge in [-0.1, -0.05) is 6.07 Å². The van der Waals surface area contributed by atoms with E-state index in [0.29, 0.717) is 0 Å². The Morgan fingerprint density at radius 2 is 0.676 bits per heavy atom. The van der Waals surface area contributed by atoms with Gasteiger partial charge in [-0.05, 0) is 141 Å². The Balaban J connectivity index is 0.534. The SMILES string of the molecule is CC1OC(OC2C(C)OC(OC3C(O)CC(OC4C(C)OC(OC5C(C)OC(OC6C(C)OC(OC7C(C)OC(OC8C(O)C(C)OC(OC9C(C)OC(OC%10C(C)OC(OC%11C(C)OC(OC%12C(C)OC(Oc%13ccc(C=CC(=O)NCCS(=O)(=O)O)cc%13O)C(OS(=O)(=O)O)C%12O)CC%11(C)N)C(O)C%10O)CC9(C)N)C8O)C(O)C7O)CC6(C)N)C(O)C5O)CC4(C)N)OC3C)CC2(C)N)C(O)C(O)C1O. The second-order valence-corrected chi connectivity index (χ2v) is 43.9. The summed E-state index contributed by atoms with van der Waals surface area (Å²) in [6, 6.07) is 3.67. The predicted molar refractivity (Wildman–Crippen MR) is 478 cm³/mol. The van der Waals surface area contributed by atoms with Gasteiger partial charge in [-0.25, -0.2) is 4.18 Å². The van der Waals surface area contributed by atoms with E-state index in [-0.39, 0.29) is 49.8 Å². The smallest absolute Gasteiger partial charge is 0.397 e. The lowest BCUT2D eigenvalue weighted by atomic mass is 9.85. The predicted octanol–water partition coefficient (Wildman–Crippen LogP) is -6.23. The van der Waals surface area contributed by atoms with Gasteiger partial charge in [0.15, 0.2) is 86.8 Å². The number of phenolic OH excluding ortho intramolecular Hbond substituents is 1. The van der Waals surface area contributed by atoms with E-state index in [1.165, 1.54) is 52.8 Å². The third-order valence-electron chi connectivity index (χ3n) is 28.4. The Kier molecular flexibility index (Phi) is 37.0. The quantitative estimate of drug-likeness (QED) is 0.0243. The van der Waals surface area contributed by atoms with Crippen molar-refractivity contribution in [1.82, 2.24) is 5.32 Å². The molecule has 0 aromatic heterocycles. The molecule has 13 rings (SSSR count). The molecule has 0 spiro atoms. The number of phenols is 1.